The Kier molecular flexibility index (Phi) is 2.98. The van der Waals surface area contributed by atoms with Gasteiger partial charge in [-0.3, -0.25) is 4.40 Å². The average Bonchev–Trinajstić information content (AvgIpc) is 3.19. The summed E-state index contributed by atoms with van der Waals surface area (Å²) in [6.07, 6.45) is 3.75. The Morgan fingerprint density at radius 2 is 2.23 bits per heavy atom. The molecule has 0 bridgehead atoms. The summed E-state index contributed by atoms with van der Waals surface area (Å²) in [5, 5.41) is 1.92. The minimum absolute atomic E-state index is 0.303. The number of hydrogen-bond donors (Lipinski definition) is 0. The topological polar surface area (TPSA) is 56.0 Å². The van der Waals surface area contributed by atoms with Gasteiger partial charge >= 0.3 is 5.97 Å². The highest BCUT2D eigenvalue weighted by Crippen LogP contribution is 2.25. The number of hydrogen-bond acceptors (Lipinski definition) is 6. The highest BCUT2D eigenvalue weighted by atomic mass is 32.1. The molecule has 3 aromatic rings. The molecule has 0 amide bonds. The van der Waals surface area contributed by atoms with Gasteiger partial charge < -0.3 is 4.74 Å². The van der Waals surface area contributed by atoms with Gasteiger partial charge in [-0.05, 0) is 31.4 Å². The van der Waals surface area contributed by atoms with Gasteiger partial charge in [-0.1, -0.05) is 6.07 Å². The summed E-state index contributed by atoms with van der Waals surface area (Å²) >= 11 is 3.11. The second kappa shape index (κ2) is 4.89. The number of carbonyl (C=O) groups excluding carboxylic acids is 1. The van der Waals surface area contributed by atoms with Crippen LogP contribution in [0.3, 0.4) is 0 Å². The van der Waals surface area contributed by atoms with Crippen LogP contribution in [0.4, 0.5) is 0 Å². The maximum atomic E-state index is 12.0. The Labute approximate surface area is 134 Å². The molecule has 4 heterocycles. The molecule has 0 fully saturated rings. The van der Waals surface area contributed by atoms with E-state index in [2.05, 4.69) is 9.98 Å². The largest absolute Gasteiger partial charge is 0.401 e. The van der Waals surface area contributed by atoms with Gasteiger partial charge in [0.25, 0.3) is 0 Å². The highest BCUT2D eigenvalue weighted by molar-refractivity contribution is 7.17. The van der Waals surface area contributed by atoms with Crippen LogP contribution in [0.2, 0.25) is 0 Å². The van der Waals surface area contributed by atoms with Gasteiger partial charge in [0.2, 0.25) is 5.90 Å². The van der Waals surface area contributed by atoms with Gasteiger partial charge in [-0.2, -0.15) is 0 Å². The van der Waals surface area contributed by atoms with Gasteiger partial charge in [-0.15, -0.1) is 22.7 Å². The molecule has 0 saturated carbocycles. The molecule has 0 spiro atoms. The van der Waals surface area contributed by atoms with Gasteiger partial charge in [0.05, 0.1) is 16.3 Å². The maximum absolute atomic E-state index is 12.0. The summed E-state index contributed by atoms with van der Waals surface area (Å²) in [6, 6.07) is 3.78. The number of rotatable bonds is 2. The Morgan fingerprint density at radius 3 is 3.00 bits per heavy atom. The van der Waals surface area contributed by atoms with Crippen molar-refractivity contribution in [3.8, 4) is 0 Å². The summed E-state index contributed by atoms with van der Waals surface area (Å²) in [5.74, 6) is -0.0594. The Hall–Kier alpha value is -2.25. The number of thiazole rings is 1. The maximum Gasteiger partial charge on any atom is 0.363 e. The Balaban J connectivity index is 1.81. The molecule has 0 aliphatic carbocycles. The van der Waals surface area contributed by atoms with Gasteiger partial charge in [-0.25, -0.2) is 14.8 Å². The van der Waals surface area contributed by atoms with Crippen LogP contribution in [0.15, 0.2) is 34.4 Å². The number of thiophene rings is 1. The number of cyclic esters (lactones) is 1. The molecule has 22 heavy (non-hydrogen) atoms. The number of aryl methyl sites for hydroxylation is 2. The van der Waals surface area contributed by atoms with Crippen LogP contribution in [0.5, 0.6) is 0 Å². The lowest BCUT2D eigenvalue weighted by Crippen LogP contribution is -2.03. The SMILES string of the molecule is Cc1cn2c(/C=C3\N=C(c4cccs4)OC3=O)c(C)nc2s1. The van der Waals surface area contributed by atoms with E-state index in [-0.39, 0.29) is 0 Å². The molecule has 0 atom stereocenters. The summed E-state index contributed by atoms with van der Waals surface area (Å²) in [4.78, 5) is 23.8. The van der Waals surface area contributed by atoms with Crippen molar-refractivity contribution in [1.29, 1.82) is 0 Å². The van der Waals surface area contributed by atoms with Gasteiger partial charge in [0.1, 0.15) is 0 Å². The number of ether oxygens (including phenoxy) is 1. The van der Waals surface area contributed by atoms with E-state index < -0.39 is 5.97 Å². The summed E-state index contributed by atoms with van der Waals surface area (Å²) in [6.45, 7) is 3.95. The number of carbonyl (C=O) groups is 1. The molecule has 1 aliphatic rings. The number of imidazole rings is 1. The minimum Gasteiger partial charge on any atom is -0.401 e. The van der Waals surface area contributed by atoms with Crippen molar-refractivity contribution in [3.63, 3.8) is 0 Å². The lowest BCUT2D eigenvalue weighted by molar-refractivity contribution is -0.129. The second-order valence-electron chi connectivity index (χ2n) is 4.89. The van der Waals surface area contributed by atoms with Crippen molar-refractivity contribution in [2.75, 3.05) is 0 Å². The zero-order valence-corrected chi connectivity index (χ0v) is 13.5. The van der Waals surface area contributed by atoms with Crippen molar-refractivity contribution in [2.45, 2.75) is 13.8 Å². The van der Waals surface area contributed by atoms with E-state index in [1.54, 1.807) is 17.4 Å². The van der Waals surface area contributed by atoms with Crippen molar-refractivity contribution in [2.24, 2.45) is 4.99 Å². The van der Waals surface area contributed by atoms with Crippen molar-refractivity contribution in [1.82, 2.24) is 9.38 Å². The summed E-state index contributed by atoms with van der Waals surface area (Å²) < 4.78 is 7.23. The van der Waals surface area contributed by atoms with E-state index in [0.29, 0.717) is 11.6 Å². The van der Waals surface area contributed by atoms with E-state index in [0.717, 1.165) is 21.2 Å². The van der Waals surface area contributed by atoms with Gasteiger partial charge in [0.15, 0.2) is 10.7 Å². The fourth-order valence-corrected chi connectivity index (χ4v) is 3.83. The number of aromatic nitrogens is 2. The van der Waals surface area contributed by atoms with Crippen molar-refractivity contribution >= 4 is 45.6 Å². The fourth-order valence-electron chi connectivity index (χ4n) is 2.30. The summed E-state index contributed by atoms with van der Waals surface area (Å²) in [5.41, 5.74) is 2.03. The van der Waals surface area contributed by atoms with Crippen LogP contribution in [-0.2, 0) is 9.53 Å². The van der Waals surface area contributed by atoms with Crippen LogP contribution in [0.1, 0.15) is 21.1 Å². The zero-order chi connectivity index (χ0) is 15.3. The van der Waals surface area contributed by atoms with E-state index in [9.17, 15) is 4.79 Å². The molecule has 4 rings (SSSR count). The van der Waals surface area contributed by atoms with E-state index >= 15 is 0 Å². The van der Waals surface area contributed by atoms with Gasteiger partial charge in [0, 0.05) is 11.1 Å². The minimum atomic E-state index is -0.426. The monoisotopic (exact) mass is 329 g/mol. The van der Waals surface area contributed by atoms with Crippen LogP contribution < -0.4 is 0 Å². The predicted octanol–water partition coefficient (Wildman–Crippen LogP) is 3.42. The normalized spacial score (nSPS) is 16.5. The van der Waals surface area contributed by atoms with E-state index in [1.807, 2.05) is 42.0 Å². The first-order chi connectivity index (χ1) is 10.6. The first-order valence-corrected chi connectivity index (χ1v) is 8.33. The lowest BCUT2D eigenvalue weighted by Gasteiger charge is -1.94. The molecule has 0 unspecified atom stereocenters. The number of aliphatic imine (C=N–C) groups is 1. The molecule has 0 N–H and O–H groups in total. The fraction of sp³-hybridized carbons (Fsp3) is 0.133. The van der Waals surface area contributed by atoms with E-state index in [1.165, 1.54) is 16.2 Å². The van der Waals surface area contributed by atoms with Crippen LogP contribution in [-0.4, -0.2) is 21.3 Å². The quantitative estimate of drug-likeness (QED) is 0.535. The first kappa shape index (κ1) is 13.4. The third kappa shape index (κ3) is 2.10. The molecular weight excluding hydrogens is 318 g/mol. The number of esters is 1. The van der Waals surface area contributed by atoms with Crippen LogP contribution in [0, 0.1) is 13.8 Å². The molecular formula is C15H11N3O2S2. The molecule has 3 aromatic heterocycles. The molecule has 0 aromatic carbocycles. The standard InChI is InChI=1S/C15H11N3O2S2/c1-8-7-18-11(9(2)16-15(18)22-8)6-10-14(19)20-13(17-10)12-4-3-5-21-12/h3-7H,1-2H3/b10-6-. The lowest BCUT2D eigenvalue weighted by atomic mass is 10.3. The van der Waals surface area contributed by atoms with Crippen molar-refractivity contribution < 1.29 is 9.53 Å². The summed E-state index contributed by atoms with van der Waals surface area (Å²) in [7, 11) is 0. The third-order valence-electron chi connectivity index (χ3n) is 3.29. The molecule has 110 valence electrons. The molecule has 0 radical (unpaired) electrons. The predicted molar refractivity (Wildman–Crippen MR) is 87.5 cm³/mol. The molecule has 7 heteroatoms. The third-order valence-corrected chi connectivity index (χ3v) is 5.04. The Bertz CT molecular complexity index is 945. The Morgan fingerprint density at radius 1 is 1.36 bits per heavy atom. The molecule has 1 aliphatic heterocycles. The zero-order valence-electron chi connectivity index (χ0n) is 11.9. The average molecular weight is 329 g/mol. The number of nitrogens with zero attached hydrogens (tertiary/aromatic N) is 3. The van der Waals surface area contributed by atoms with Crippen molar-refractivity contribution in [3.05, 3.63) is 50.5 Å². The van der Waals surface area contributed by atoms with E-state index in [4.69, 9.17) is 4.74 Å². The molecule has 0 saturated heterocycles. The van der Waals surface area contributed by atoms with Crippen LogP contribution >= 0.6 is 22.7 Å². The van der Waals surface area contributed by atoms with Crippen LogP contribution in [0.25, 0.3) is 11.0 Å². The second-order valence-corrected chi connectivity index (χ2v) is 7.05. The molecule has 5 nitrogen and oxygen atoms in total. The smallest absolute Gasteiger partial charge is 0.363 e. The highest BCUT2D eigenvalue weighted by Gasteiger charge is 2.25. The first-order valence-electron chi connectivity index (χ1n) is 6.63. The number of fused-ring (bicyclic) bond motifs is 1.